The lowest BCUT2D eigenvalue weighted by molar-refractivity contribution is -0.274. The van der Waals surface area contributed by atoms with Crippen molar-refractivity contribution < 1.29 is 22.7 Å². The Morgan fingerprint density at radius 1 is 0.939 bits per heavy atom. The van der Waals surface area contributed by atoms with Crippen molar-refractivity contribution >= 4 is 23.5 Å². The Hall–Kier alpha value is -3.24. The maximum Gasteiger partial charge on any atom is 0.573 e. The molecule has 1 aromatic heterocycles. The van der Waals surface area contributed by atoms with Crippen LogP contribution in [0.1, 0.15) is 25.0 Å². The Bertz CT molecular complexity index is 956. The van der Waals surface area contributed by atoms with E-state index in [1.54, 1.807) is 4.90 Å². The molecule has 0 spiro atoms. The Kier molecular flexibility index (Phi) is 6.75. The van der Waals surface area contributed by atoms with Crippen LogP contribution in [0.5, 0.6) is 5.75 Å². The summed E-state index contributed by atoms with van der Waals surface area (Å²) in [6.45, 7) is 6.13. The van der Waals surface area contributed by atoms with Gasteiger partial charge in [0.25, 0.3) is 0 Å². The van der Waals surface area contributed by atoms with E-state index in [1.165, 1.54) is 31.4 Å². The van der Waals surface area contributed by atoms with Crippen molar-refractivity contribution in [2.75, 3.05) is 54.4 Å². The van der Waals surface area contributed by atoms with Crippen molar-refractivity contribution in [3.63, 3.8) is 0 Å². The van der Waals surface area contributed by atoms with Gasteiger partial charge in [0.05, 0.1) is 0 Å². The summed E-state index contributed by atoms with van der Waals surface area (Å²) in [5, 5.41) is 2.71. The number of amides is 2. The molecular weight excluding hydrogens is 437 g/mol. The van der Waals surface area contributed by atoms with Crippen molar-refractivity contribution in [3.05, 3.63) is 36.0 Å². The van der Waals surface area contributed by atoms with Gasteiger partial charge in [0.15, 0.2) is 0 Å². The molecule has 0 radical (unpaired) electrons. The van der Waals surface area contributed by atoms with Gasteiger partial charge in [-0.3, -0.25) is 0 Å². The molecule has 2 aromatic rings. The van der Waals surface area contributed by atoms with E-state index in [2.05, 4.69) is 24.8 Å². The highest BCUT2D eigenvalue weighted by molar-refractivity contribution is 5.89. The molecular formula is C22H27F3N6O2. The first-order valence-corrected chi connectivity index (χ1v) is 11.0. The second kappa shape index (κ2) is 9.72. The molecule has 1 N–H and O–H groups in total. The van der Waals surface area contributed by atoms with E-state index in [0.717, 1.165) is 36.7 Å². The van der Waals surface area contributed by atoms with Gasteiger partial charge >= 0.3 is 12.4 Å². The van der Waals surface area contributed by atoms with Crippen LogP contribution in [-0.2, 0) is 0 Å². The first-order valence-electron chi connectivity index (χ1n) is 11.0. The molecule has 11 heteroatoms. The van der Waals surface area contributed by atoms with Gasteiger partial charge in [-0.25, -0.2) is 9.78 Å². The van der Waals surface area contributed by atoms with E-state index in [9.17, 15) is 18.0 Å². The smallest absolute Gasteiger partial charge is 0.406 e. The monoisotopic (exact) mass is 464 g/mol. The average Bonchev–Trinajstić information content (AvgIpc) is 2.80. The van der Waals surface area contributed by atoms with Crippen molar-refractivity contribution in [2.45, 2.75) is 32.5 Å². The first-order chi connectivity index (χ1) is 15.8. The number of hydrogen-bond donors (Lipinski definition) is 1. The zero-order valence-electron chi connectivity index (χ0n) is 18.4. The number of nitrogens with one attached hydrogen (secondary N) is 1. The molecule has 0 unspecified atom stereocenters. The third kappa shape index (κ3) is 6.17. The number of piperazine rings is 1. The summed E-state index contributed by atoms with van der Waals surface area (Å²) < 4.78 is 40.7. The molecule has 2 aliphatic heterocycles. The van der Waals surface area contributed by atoms with Crippen LogP contribution in [0.15, 0.2) is 30.3 Å². The van der Waals surface area contributed by atoms with Crippen molar-refractivity contribution in [1.29, 1.82) is 0 Å². The number of urea groups is 1. The molecule has 0 aliphatic carbocycles. The zero-order valence-corrected chi connectivity index (χ0v) is 18.4. The van der Waals surface area contributed by atoms with E-state index in [0.29, 0.717) is 37.8 Å². The fourth-order valence-corrected chi connectivity index (χ4v) is 4.02. The Balaban J connectivity index is 1.32. The number of anilines is 3. The van der Waals surface area contributed by atoms with E-state index < -0.39 is 6.36 Å². The molecule has 2 aliphatic rings. The predicted octanol–water partition coefficient (Wildman–Crippen LogP) is 4.03. The topological polar surface area (TPSA) is 73.8 Å². The molecule has 1 aromatic carbocycles. The molecule has 4 rings (SSSR count). The Labute approximate surface area is 190 Å². The number of piperidine rings is 1. The molecule has 2 fully saturated rings. The fourth-order valence-electron chi connectivity index (χ4n) is 4.02. The number of aryl methyl sites for hydroxylation is 1. The number of ether oxygens (including phenoxy) is 1. The van der Waals surface area contributed by atoms with Crippen LogP contribution in [0, 0.1) is 6.92 Å². The molecule has 0 atom stereocenters. The summed E-state index contributed by atoms with van der Waals surface area (Å²) in [7, 11) is 0. The van der Waals surface area contributed by atoms with Crippen LogP contribution in [0.4, 0.5) is 35.4 Å². The van der Waals surface area contributed by atoms with Crippen molar-refractivity contribution in [1.82, 2.24) is 14.9 Å². The average molecular weight is 464 g/mol. The van der Waals surface area contributed by atoms with E-state index in [-0.39, 0.29) is 11.8 Å². The maximum atomic E-state index is 12.6. The largest absolute Gasteiger partial charge is 0.573 e. The maximum absolute atomic E-state index is 12.6. The third-order valence-electron chi connectivity index (χ3n) is 5.70. The van der Waals surface area contributed by atoms with Crippen LogP contribution in [-0.4, -0.2) is 66.5 Å². The molecule has 33 heavy (non-hydrogen) atoms. The Morgan fingerprint density at radius 2 is 1.61 bits per heavy atom. The molecule has 3 heterocycles. The minimum absolute atomic E-state index is 0.307. The number of aromatic nitrogens is 2. The van der Waals surface area contributed by atoms with Gasteiger partial charge in [-0.1, -0.05) is 0 Å². The zero-order chi connectivity index (χ0) is 23.4. The van der Waals surface area contributed by atoms with Crippen LogP contribution in [0.3, 0.4) is 0 Å². The molecule has 8 nitrogen and oxygen atoms in total. The lowest BCUT2D eigenvalue weighted by Crippen LogP contribution is -2.50. The fraction of sp³-hybridized carbons (Fsp3) is 0.500. The molecule has 178 valence electrons. The predicted molar refractivity (Wildman–Crippen MR) is 119 cm³/mol. The molecule has 2 saturated heterocycles. The van der Waals surface area contributed by atoms with Gasteiger partial charge < -0.3 is 24.8 Å². The highest BCUT2D eigenvalue weighted by Gasteiger charge is 2.31. The summed E-state index contributed by atoms with van der Waals surface area (Å²) in [6, 6.07) is 6.78. The first kappa shape index (κ1) is 22.9. The molecule has 0 saturated carbocycles. The van der Waals surface area contributed by atoms with Crippen molar-refractivity contribution in [3.8, 4) is 5.75 Å². The number of nitrogens with zero attached hydrogens (tertiary/aromatic N) is 5. The lowest BCUT2D eigenvalue weighted by atomic mass is 10.1. The number of hydrogen-bond acceptors (Lipinski definition) is 6. The van der Waals surface area contributed by atoms with E-state index in [4.69, 9.17) is 4.98 Å². The minimum atomic E-state index is -4.75. The second-order valence-electron chi connectivity index (χ2n) is 8.19. The van der Waals surface area contributed by atoms with Gasteiger partial charge in [0.1, 0.15) is 11.6 Å². The van der Waals surface area contributed by atoms with Gasteiger partial charge in [0.2, 0.25) is 5.95 Å². The van der Waals surface area contributed by atoms with E-state index in [1.807, 2.05) is 13.0 Å². The van der Waals surface area contributed by atoms with Gasteiger partial charge in [-0.05, 0) is 50.5 Å². The number of halogens is 3. The number of rotatable bonds is 4. The van der Waals surface area contributed by atoms with Gasteiger partial charge in [-0.15, -0.1) is 13.2 Å². The number of alkyl halides is 3. The van der Waals surface area contributed by atoms with Crippen LogP contribution in [0.2, 0.25) is 0 Å². The SMILES string of the molecule is Cc1cc(N2CCCCC2)nc(N2CCN(C(=O)Nc3ccc(OC(F)(F)F)cc3)CC2)n1. The third-order valence-corrected chi connectivity index (χ3v) is 5.70. The highest BCUT2D eigenvalue weighted by Crippen LogP contribution is 2.25. The summed E-state index contributed by atoms with van der Waals surface area (Å²) in [4.78, 5) is 28.0. The molecule has 2 amide bonds. The second-order valence-corrected chi connectivity index (χ2v) is 8.19. The van der Waals surface area contributed by atoms with E-state index >= 15 is 0 Å². The van der Waals surface area contributed by atoms with Gasteiger partial charge in [-0.2, -0.15) is 4.98 Å². The summed E-state index contributed by atoms with van der Waals surface area (Å²) in [5.74, 6) is 1.29. The summed E-state index contributed by atoms with van der Waals surface area (Å²) >= 11 is 0. The summed E-state index contributed by atoms with van der Waals surface area (Å²) in [5.41, 5.74) is 1.31. The number of carbonyl (C=O) groups is 1. The minimum Gasteiger partial charge on any atom is -0.406 e. The molecule has 0 bridgehead atoms. The van der Waals surface area contributed by atoms with Gasteiger partial charge in [0, 0.05) is 56.7 Å². The van der Waals surface area contributed by atoms with Crippen LogP contribution >= 0.6 is 0 Å². The quantitative estimate of drug-likeness (QED) is 0.737. The highest BCUT2D eigenvalue weighted by atomic mass is 19.4. The number of carbonyl (C=O) groups excluding carboxylic acids is 1. The van der Waals surface area contributed by atoms with Crippen LogP contribution in [0.25, 0.3) is 0 Å². The Morgan fingerprint density at radius 3 is 2.24 bits per heavy atom. The lowest BCUT2D eigenvalue weighted by Gasteiger charge is -2.35. The number of benzene rings is 1. The van der Waals surface area contributed by atoms with Crippen LogP contribution < -0.4 is 19.9 Å². The van der Waals surface area contributed by atoms with Crippen molar-refractivity contribution in [2.24, 2.45) is 0 Å². The standard InChI is InChI=1S/C22H27F3N6O2/c1-16-15-19(29-9-3-2-4-10-29)28-20(26-16)30-11-13-31(14-12-30)21(32)27-17-5-7-18(8-6-17)33-22(23,24)25/h5-8,15H,2-4,9-14H2,1H3,(H,27,32). The summed E-state index contributed by atoms with van der Waals surface area (Å²) in [6.07, 6.45) is -1.16. The normalized spacial score (nSPS) is 17.2.